The maximum absolute atomic E-state index is 11.9. The molecule has 0 saturated heterocycles. The van der Waals surface area contributed by atoms with Crippen molar-refractivity contribution in [1.82, 2.24) is 9.97 Å². The summed E-state index contributed by atoms with van der Waals surface area (Å²) in [7, 11) is 0. The topological polar surface area (TPSA) is 52.1 Å². The van der Waals surface area contributed by atoms with Crippen LogP contribution in [0, 0.1) is 0 Å². The Labute approximate surface area is 103 Å². The third-order valence-electron chi connectivity index (χ3n) is 3.02. The van der Waals surface area contributed by atoms with E-state index in [9.17, 15) is 4.79 Å². The van der Waals surface area contributed by atoms with Gasteiger partial charge in [-0.15, -0.1) is 11.3 Å². The van der Waals surface area contributed by atoms with Gasteiger partial charge < -0.3 is 4.74 Å². The number of rotatable bonds is 3. The highest BCUT2D eigenvalue weighted by Crippen LogP contribution is 2.51. The highest BCUT2D eigenvalue weighted by Gasteiger charge is 2.55. The summed E-state index contributed by atoms with van der Waals surface area (Å²) in [5.74, 6) is -0.132. The van der Waals surface area contributed by atoms with Gasteiger partial charge in [-0.25, -0.2) is 4.98 Å². The summed E-state index contributed by atoms with van der Waals surface area (Å²) in [5, 5.41) is 0.874. The van der Waals surface area contributed by atoms with Crippen molar-refractivity contribution in [3.05, 3.63) is 23.5 Å². The molecule has 0 aliphatic heterocycles. The second-order valence-corrected chi connectivity index (χ2v) is 5.20. The van der Waals surface area contributed by atoms with Crippen molar-refractivity contribution >= 4 is 27.5 Å². The number of fused-ring (bicyclic) bond motifs is 1. The largest absolute Gasteiger partial charge is 0.465 e. The van der Waals surface area contributed by atoms with Gasteiger partial charge in [0.1, 0.15) is 10.4 Å². The standard InChI is InChI=1S/C12H12N2O2S/c1-2-16-11(15)12(4-5-12)10-14-8-7-13-6-3-9(8)17-10/h3,6-7H,2,4-5H2,1H3. The molecular formula is C12H12N2O2S. The number of carbonyl (C=O) groups is 1. The fraction of sp³-hybridized carbons (Fsp3) is 0.417. The first-order valence-electron chi connectivity index (χ1n) is 5.64. The van der Waals surface area contributed by atoms with E-state index in [0.29, 0.717) is 6.61 Å². The molecule has 1 aliphatic rings. The van der Waals surface area contributed by atoms with Crippen LogP contribution in [0.2, 0.25) is 0 Å². The van der Waals surface area contributed by atoms with E-state index in [1.165, 1.54) is 0 Å². The molecule has 2 aromatic heterocycles. The average Bonchev–Trinajstić information content (AvgIpc) is 3.03. The summed E-state index contributed by atoms with van der Waals surface area (Å²) in [4.78, 5) is 20.5. The normalized spacial score (nSPS) is 17.0. The lowest BCUT2D eigenvalue weighted by Gasteiger charge is -2.09. The van der Waals surface area contributed by atoms with Crippen LogP contribution in [-0.2, 0) is 14.9 Å². The molecule has 88 valence electrons. The molecule has 0 radical (unpaired) electrons. The van der Waals surface area contributed by atoms with Crippen LogP contribution in [0.1, 0.15) is 24.8 Å². The molecule has 1 saturated carbocycles. The van der Waals surface area contributed by atoms with Crippen molar-refractivity contribution in [3.63, 3.8) is 0 Å². The molecule has 0 amide bonds. The third-order valence-corrected chi connectivity index (χ3v) is 4.26. The van der Waals surface area contributed by atoms with Crippen LogP contribution in [-0.4, -0.2) is 22.5 Å². The zero-order valence-corrected chi connectivity index (χ0v) is 10.3. The second kappa shape index (κ2) is 3.77. The number of carbonyl (C=O) groups excluding carboxylic acids is 1. The molecule has 2 heterocycles. The first kappa shape index (κ1) is 10.7. The van der Waals surface area contributed by atoms with Crippen molar-refractivity contribution in [3.8, 4) is 0 Å². The second-order valence-electron chi connectivity index (χ2n) is 4.16. The SMILES string of the molecule is CCOC(=O)C1(c2nc3cnccc3s2)CC1. The van der Waals surface area contributed by atoms with E-state index in [-0.39, 0.29) is 5.97 Å². The lowest BCUT2D eigenvalue weighted by Crippen LogP contribution is -2.22. The molecule has 0 N–H and O–H groups in total. The number of thiazole rings is 1. The molecule has 0 atom stereocenters. The molecule has 0 bridgehead atoms. The number of nitrogens with zero attached hydrogens (tertiary/aromatic N) is 2. The summed E-state index contributed by atoms with van der Waals surface area (Å²) in [6, 6.07) is 1.93. The molecule has 1 aliphatic carbocycles. The Morgan fingerprint density at radius 3 is 3.06 bits per heavy atom. The van der Waals surface area contributed by atoms with Crippen LogP contribution < -0.4 is 0 Å². The summed E-state index contributed by atoms with van der Waals surface area (Å²) in [6.45, 7) is 2.25. The fourth-order valence-electron chi connectivity index (χ4n) is 1.88. The average molecular weight is 248 g/mol. The summed E-state index contributed by atoms with van der Waals surface area (Å²) in [5.41, 5.74) is 0.405. The Kier molecular flexibility index (Phi) is 2.36. The first-order valence-corrected chi connectivity index (χ1v) is 6.46. The smallest absolute Gasteiger partial charge is 0.319 e. The van der Waals surface area contributed by atoms with Crippen LogP contribution >= 0.6 is 11.3 Å². The van der Waals surface area contributed by atoms with Crippen molar-refractivity contribution in [2.24, 2.45) is 0 Å². The van der Waals surface area contributed by atoms with Crippen molar-refractivity contribution in [2.45, 2.75) is 25.2 Å². The van der Waals surface area contributed by atoms with Crippen LogP contribution in [0.3, 0.4) is 0 Å². The highest BCUT2D eigenvalue weighted by atomic mass is 32.1. The van der Waals surface area contributed by atoms with Crippen molar-refractivity contribution in [1.29, 1.82) is 0 Å². The Balaban J connectivity index is 2.01. The van der Waals surface area contributed by atoms with Gasteiger partial charge in [0.05, 0.1) is 23.0 Å². The van der Waals surface area contributed by atoms with Gasteiger partial charge in [0.25, 0.3) is 0 Å². The van der Waals surface area contributed by atoms with Gasteiger partial charge in [-0.05, 0) is 25.8 Å². The van der Waals surface area contributed by atoms with Crippen molar-refractivity contribution < 1.29 is 9.53 Å². The monoisotopic (exact) mass is 248 g/mol. The van der Waals surface area contributed by atoms with Crippen LogP contribution in [0.5, 0.6) is 0 Å². The van der Waals surface area contributed by atoms with Gasteiger partial charge in [0.15, 0.2) is 0 Å². The quantitative estimate of drug-likeness (QED) is 0.782. The van der Waals surface area contributed by atoms with Gasteiger partial charge in [-0.1, -0.05) is 0 Å². The molecule has 17 heavy (non-hydrogen) atoms. The predicted octanol–water partition coefficient (Wildman–Crippen LogP) is 2.29. The maximum Gasteiger partial charge on any atom is 0.319 e. The summed E-state index contributed by atoms with van der Waals surface area (Å²) in [6.07, 6.45) is 5.17. The summed E-state index contributed by atoms with van der Waals surface area (Å²) < 4.78 is 6.21. The van der Waals surface area contributed by atoms with Gasteiger partial charge in [-0.3, -0.25) is 9.78 Å². The van der Waals surface area contributed by atoms with Crippen LogP contribution in [0.4, 0.5) is 0 Å². The zero-order chi connectivity index (χ0) is 11.9. The lowest BCUT2D eigenvalue weighted by molar-refractivity contribution is -0.146. The van der Waals surface area contributed by atoms with Crippen LogP contribution in [0.25, 0.3) is 10.2 Å². The first-order chi connectivity index (χ1) is 8.26. The van der Waals surface area contributed by atoms with Crippen LogP contribution in [0.15, 0.2) is 18.5 Å². The van der Waals surface area contributed by atoms with E-state index in [2.05, 4.69) is 9.97 Å². The number of pyridine rings is 1. The highest BCUT2D eigenvalue weighted by molar-refractivity contribution is 7.18. The van der Waals surface area contributed by atoms with Gasteiger partial charge in [0, 0.05) is 6.20 Å². The molecular weight excluding hydrogens is 236 g/mol. The Morgan fingerprint density at radius 1 is 1.59 bits per heavy atom. The number of hydrogen-bond acceptors (Lipinski definition) is 5. The van der Waals surface area contributed by atoms with E-state index >= 15 is 0 Å². The molecule has 5 heteroatoms. The minimum atomic E-state index is -0.459. The summed E-state index contributed by atoms with van der Waals surface area (Å²) >= 11 is 1.57. The maximum atomic E-state index is 11.9. The number of ether oxygens (including phenoxy) is 1. The Bertz CT molecular complexity index is 542. The Morgan fingerprint density at radius 2 is 2.41 bits per heavy atom. The molecule has 3 rings (SSSR count). The number of aromatic nitrogens is 2. The van der Waals surface area contributed by atoms with E-state index in [1.807, 2.05) is 13.0 Å². The molecule has 1 fully saturated rings. The molecule has 2 aromatic rings. The van der Waals surface area contributed by atoms with Crippen molar-refractivity contribution in [2.75, 3.05) is 6.61 Å². The molecule has 0 aromatic carbocycles. The minimum absolute atomic E-state index is 0.132. The van der Waals surface area contributed by atoms with Gasteiger partial charge in [0.2, 0.25) is 0 Å². The predicted molar refractivity (Wildman–Crippen MR) is 65.0 cm³/mol. The van der Waals surface area contributed by atoms with Gasteiger partial charge >= 0.3 is 5.97 Å². The molecule has 0 spiro atoms. The lowest BCUT2D eigenvalue weighted by atomic mass is 10.1. The van der Waals surface area contributed by atoms with E-state index in [0.717, 1.165) is 28.1 Å². The van der Waals surface area contributed by atoms with E-state index < -0.39 is 5.41 Å². The zero-order valence-electron chi connectivity index (χ0n) is 9.47. The molecule has 0 unspecified atom stereocenters. The minimum Gasteiger partial charge on any atom is -0.465 e. The number of esters is 1. The Hall–Kier alpha value is -1.49. The molecule has 4 nitrogen and oxygen atoms in total. The van der Waals surface area contributed by atoms with E-state index in [4.69, 9.17) is 4.74 Å². The third kappa shape index (κ3) is 1.61. The fourth-order valence-corrected chi connectivity index (χ4v) is 3.05. The van der Waals surface area contributed by atoms with Gasteiger partial charge in [-0.2, -0.15) is 0 Å². The number of hydrogen-bond donors (Lipinski definition) is 0. The van der Waals surface area contributed by atoms with E-state index in [1.54, 1.807) is 23.7 Å².